The zero-order valence-corrected chi connectivity index (χ0v) is 17.8. The number of thiocarbonyl (C=S) groups is 1. The quantitative estimate of drug-likeness (QED) is 0.516. The summed E-state index contributed by atoms with van der Waals surface area (Å²) in [6, 6.07) is 22.1. The first-order valence-electron chi connectivity index (χ1n) is 9.51. The minimum atomic E-state index is 0.499. The van der Waals surface area contributed by atoms with Gasteiger partial charge in [-0.25, -0.2) is 0 Å². The van der Waals surface area contributed by atoms with Crippen LogP contribution in [0.3, 0.4) is 0 Å². The molecule has 0 amide bonds. The van der Waals surface area contributed by atoms with Crippen molar-refractivity contribution < 1.29 is 9.47 Å². The lowest BCUT2D eigenvalue weighted by molar-refractivity contribution is 0.284. The smallest absolute Gasteiger partial charge is 0.171 e. The molecule has 0 atom stereocenters. The van der Waals surface area contributed by atoms with Crippen molar-refractivity contribution in [2.75, 3.05) is 12.4 Å². The summed E-state index contributed by atoms with van der Waals surface area (Å²) in [6.07, 6.45) is 0. The van der Waals surface area contributed by atoms with Crippen LogP contribution in [0.5, 0.6) is 11.5 Å². The van der Waals surface area contributed by atoms with Crippen LogP contribution in [0.4, 0.5) is 5.69 Å². The van der Waals surface area contributed by atoms with Gasteiger partial charge in [-0.15, -0.1) is 0 Å². The highest BCUT2D eigenvalue weighted by Crippen LogP contribution is 2.29. The zero-order valence-electron chi connectivity index (χ0n) is 17.0. The molecule has 0 aliphatic rings. The van der Waals surface area contributed by atoms with E-state index in [1.54, 1.807) is 7.11 Å². The van der Waals surface area contributed by atoms with Crippen LogP contribution in [-0.4, -0.2) is 12.2 Å². The van der Waals surface area contributed by atoms with E-state index in [1.165, 1.54) is 11.1 Å². The fraction of sp³-hybridized carbons (Fsp3) is 0.208. The molecular weight excluding hydrogens is 380 g/mol. The van der Waals surface area contributed by atoms with Gasteiger partial charge in [0, 0.05) is 12.2 Å². The standard InChI is InChI=1S/C24H26N2O2S/c1-17-8-7-11-21(18(17)2)26-24(29)25-15-20-12-13-22(23(14-20)27-3)28-16-19-9-5-4-6-10-19/h4-14H,15-16H2,1-3H3,(H2,25,26,29). The Morgan fingerprint density at radius 1 is 0.897 bits per heavy atom. The van der Waals surface area contributed by atoms with Gasteiger partial charge in [0.25, 0.3) is 0 Å². The van der Waals surface area contributed by atoms with Crippen LogP contribution in [-0.2, 0) is 13.2 Å². The van der Waals surface area contributed by atoms with Crippen LogP contribution in [0.1, 0.15) is 22.3 Å². The molecule has 0 heterocycles. The molecule has 2 N–H and O–H groups in total. The van der Waals surface area contributed by atoms with E-state index in [9.17, 15) is 0 Å². The minimum Gasteiger partial charge on any atom is -0.493 e. The van der Waals surface area contributed by atoms with Gasteiger partial charge in [-0.3, -0.25) is 0 Å². The third-order valence-corrected chi connectivity index (χ3v) is 5.02. The Kier molecular flexibility index (Phi) is 7.09. The number of benzene rings is 3. The average Bonchev–Trinajstić information content (AvgIpc) is 2.75. The van der Waals surface area contributed by atoms with Crippen molar-refractivity contribution in [3.8, 4) is 11.5 Å². The van der Waals surface area contributed by atoms with Gasteiger partial charge < -0.3 is 20.1 Å². The van der Waals surface area contributed by atoms with Crippen molar-refractivity contribution in [1.29, 1.82) is 0 Å². The van der Waals surface area contributed by atoms with Crippen molar-refractivity contribution in [3.63, 3.8) is 0 Å². The number of nitrogens with one attached hydrogen (secondary N) is 2. The van der Waals surface area contributed by atoms with Crippen molar-refractivity contribution >= 4 is 23.0 Å². The molecule has 0 radical (unpaired) electrons. The van der Waals surface area contributed by atoms with E-state index in [0.717, 1.165) is 22.6 Å². The molecule has 0 aliphatic heterocycles. The highest BCUT2D eigenvalue weighted by atomic mass is 32.1. The van der Waals surface area contributed by atoms with Crippen LogP contribution in [0, 0.1) is 13.8 Å². The molecule has 0 aromatic heterocycles. The molecule has 0 bridgehead atoms. The summed E-state index contributed by atoms with van der Waals surface area (Å²) in [4.78, 5) is 0. The predicted molar refractivity (Wildman–Crippen MR) is 123 cm³/mol. The molecule has 3 aromatic rings. The second-order valence-corrected chi connectivity index (χ2v) is 7.22. The fourth-order valence-electron chi connectivity index (χ4n) is 2.91. The molecule has 0 saturated heterocycles. The largest absolute Gasteiger partial charge is 0.493 e. The summed E-state index contributed by atoms with van der Waals surface area (Å²) in [7, 11) is 1.65. The normalized spacial score (nSPS) is 10.3. The SMILES string of the molecule is COc1cc(CNC(=S)Nc2cccc(C)c2C)ccc1OCc1ccccc1. The molecule has 0 fully saturated rings. The Morgan fingerprint density at radius 3 is 2.45 bits per heavy atom. The van der Waals surface area contributed by atoms with E-state index in [1.807, 2.05) is 60.7 Å². The van der Waals surface area contributed by atoms with Crippen LogP contribution in [0.15, 0.2) is 66.7 Å². The molecule has 0 aliphatic carbocycles. The molecule has 0 unspecified atom stereocenters. The first-order valence-corrected chi connectivity index (χ1v) is 9.92. The lowest BCUT2D eigenvalue weighted by Crippen LogP contribution is -2.28. The van der Waals surface area contributed by atoms with Gasteiger partial charge in [0.05, 0.1) is 7.11 Å². The highest BCUT2D eigenvalue weighted by Gasteiger charge is 2.08. The highest BCUT2D eigenvalue weighted by molar-refractivity contribution is 7.80. The van der Waals surface area contributed by atoms with Gasteiger partial charge in [-0.1, -0.05) is 48.5 Å². The monoisotopic (exact) mass is 406 g/mol. The maximum absolute atomic E-state index is 5.91. The minimum absolute atomic E-state index is 0.499. The first kappa shape index (κ1) is 20.7. The maximum Gasteiger partial charge on any atom is 0.171 e. The topological polar surface area (TPSA) is 42.5 Å². The Morgan fingerprint density at radius 2 is 1.69 bits per heavy atom. The predicted octanol–water partition coefficient (Wildman–Crippen LogP) is 5.38. The van der Waals surface area contributed by atoms with Gasteiger partial charge in [0.15, 0.2) is 16.6 Å². The number of methoxy groups -OCH3 is 1. The average molecular weight is 407 g/mol. The molecule has 5 heteroatoms. The van der Waals surface area contributed by atoms with Crippen LogP contribution < -0.4 is 20.1 Å². The number of ether oxygens (including phenoxy) is 2. The van der Waals surface area contributed by atoms with Crippen molar-refractivity contribution in [1.82, 2.24) is 5.32 Å². The van der Waals surface area contributed by atoms with Crippen LogP contribution in [0.25, 0.3) is 0 Å². The summed E-state index contributed by atoms with van der Waals surface area (Å²) in [6.45, 7) is 5.26. The molecule has 4 nitrogen and oxygen atoms in total. The van der Waals surface area contributed by atoms with E-state index in [4.69, 9.17) is 21.7 Å². The summed E-state index contributed by atoms with van der Waals surface area (Å²) in [5, 5.41) is 7.10. The fourth-order valence-corrected chi connectivity index (χ4v) is 3.09. The molecule has 3 aromatic carbocycles. The Bertz CT molecular complexity index is 974. The Balaban J connectivity index is 1.58. The second kappa shape index (κ2) is 9.94. The van der Waals surface area contributed by atoms with Gasteiger partial charge >= 0.3 is 0 Å². The Hall–Kier alpha value is -3.05. The molecule has 0 spiro atoms. The van der Waals surface area contributed by atoms with Gasteiger partial charge in [-0.2, -0.15) is 0 Å². The van der Waals surface area contributed by atoms with Crippen molar-refractivity contribution in [2.24, 2.45) is 0 Å². The van der Waals surface area contributed by atoms with Crippen LogP contribution in [0.2, 0.25) is 0 Å². The number of hydrogen-bond acceptors (Lipinski definition) is 3. The van der Waals surface area contributed by atoms with E-state index in [0.29, 0.717) is 24.0 Å². The summed E-state index contributed by atoms with van der Waals surface area (Å²) in [5.74, 6) is 1.42. The summed E-state index contributed by atoms with van der Waals surface area (Å²) >= 11 is 5.44. The summed E-state index contributed by atoms with van der Waals surface area (Å²) < 4.78 is 11.4. The Labute approximate surface area is 177 Å². The first-order chi connectivity index (χ1) is 14.1. The maximum atomic E-state index is 5.91. The molecule has 150 valence electrons. The second-order valence-electron chi connectivity index (χ2n) is 6.81. The third-order valence-electron chi connectivity index (χ3n) is 4.77. The van der Waals surface area contributed by atoms with E-state index < -0.39 is 0 Å². The molecular formula is C24H26N2O2S. The van der Waals surface area contributed by atoms with E-state index >= 15 is 0 Å². The van der Waals surface area contributed by atoms with E-state index in [-0.39, 0.29) is 0 Å². The zero-order chi connectivity index (χ0) is 20.6. The third kappa shape index (κ3) is 5.72. The van der Waals surface area contributed by atoms with Crippen molar-refractivity contribution in [2.45, 2.75) is 27.0 Å². The van der Waals surface area contributed by atoms with Crippen LogP contribution >= 0.6 is 12.2 Å². The van der Waals surface area contributed by atoms with E-state index in [2.05, 4.69) is 30.5 Å². The summed E-state index contributed by atoms with van der Waals surface area (Å²) in [5.41, 5.74) is 5.61. The number of rotatable bonds is 7. The molecule has 3 rings (SSSR count). The number of hydrogen-bond donors (Lipinski definition) is 2. The van der Waals surface area contributed by atoms with Gasteiger partial charge in [0.2, 0.25) is 0 Å². The lowest BCUT2D eigenvalue weighted by Gasteiger charge is -2.15. The molecule has 29 heavy (non-hydrogen) atoms. The van der Waals surface area contributed by atoms with Gasteiger partial charge in [-0.05, 0) is 66.5 Å². The number of anilines is 1. The number of aryl methyl sites for hydroxylation is 1. The van der Waals surface area contributed by atoms with Gasteiger partial charge in [0.1, 0.15) is 6.61 Å². The molecule has 0 saturated carbocycles. The lowest BCUT2D eigenvalue weighted by atomic mass is 10.1. The van der Waals surface area contributed by atoms with Crippen molar-refractivity contribution in [3.05, 3.63) is 89.0 Å².